The summed E-state index contributed by atoms with van der Waals surface area (Å²) in [4.78, 5) is 13.8. The SMILES string of the molecule is CCN(CC(=O)NCCOc1ccccc1)c1cccc(F)c1. The van der Waals surface area contributed by atoms with Gasteiger partial charge in [-0.3, -0.25) is 4.79 Å². The van der Waals surface area contributed by atoms with Crippen molar-refractivity contribution in [2.75, 3.05) is 31.1 Å². The second-order valence-electron chi connectivity index (χ2n) is 5.01. The zero-order valence-electron chi connectivity index (χ0n) is 13.2. The quantitative estimate of drug-likeness (QED) is 0.762. The Kier molecular flexibility index (Phi) is 6.41. The van der Waals surface area contributed by atoms with Crippen molar-refractivity contribution in [3.63, 3.8) is 0 Å². The summed E-state index contributed by atoms with van der Waals surface area (Å²) in [6.45, 7) is 3.57. The Bertz CT molecular complexity index is 619. The minimum atomic E-state index is -0.308. The number of carbonyl (C=O) groups is 1. The monoisotopic (exact) mass is 316 g/mol. The van der Waals surface area contributed by atoms with Crippen LogP contribution in [-0.2, 0) is 4.79 Å². The highest BCUT2D eigenvalue weighted by molar-refractivity contribution is 5.81. The number of para-hydroxylation sites is 1. The van der Waals surface area contributed by atoms with Gasteiger partial charge in [0.1, 0.15) is 18.2 Å². The summed E-state index contributed by atoms with van der Waals surface area (Å²) in [5.41, 5.74) is 0.697. The number of likely N-dealkylation sites (N-methyl/N-ethyl adjacent to an activating group) is 1. The molecule has 0 radical (unpaired) electrons. The summed E-state index contributed by atoms with van der Waals surface area (Å²) in [5, 5.41) is 2.80. The number of halogens is 1. The number of nitrogens with zero attached hydrogens (tertiary/aromatic N) is 1. The fraction of sp³-hybridized carbons (Fsp3) is 0.278. The highest BCUT2D eigenvalue weighted by Crippen LogP contribution is 2.14. The third-order valence-electron chi connectivity index (χ3n) is 3.33. The predicted octanol–water partition coefficient (Wildman–Crippen LogP) is 2.85. The number of ether oxygens (including phenoxy) is 1. The second kappa shape index (κ2) is 8.78. The van der Waals surface area contributed by atoms with Crippen LogP contribution in [0.4, 0.5) is 10.1 Å². The minimum Gasteiger partial charge on any atom is -0.492 e. The van der Waals surface area contributed by atoms with Gasteiger partial charge >= 0.3 is 0 Å². The predicted molar refractivity (Wildman–Crippen MR) is 89.2 cm³/mol. The van der Waals surface area contributed by atoms with E-state index in [9.17, 15) is 9.18 Å². The third-order valence-corrected chi connectivity index (χ3v) is 3.33. The van der Waals surface area contributed by atoms with E-state index in [1.807, 2.05) is 42.2 Å². The molecule has 2 aromatic carbocycles. The Morgan fingerprint density at radius 3 is 2.65 bits per heavy atom. The first-order valence-corrected chi connectivity index (χ1v) is 7.64. The number of amides is 1. The van der Waals surface area contributed by atoms with Crippen LogP contribution in [0.1, 0.15) is 6.92 Å². The smallest absolute Gasteiger partial charge is 0.239 e. The van der Waals surface area contributed by atoms with Crippen LogP contribution in [0.25, 0.3) is 0 Å². The van der Waals surface area contributed by atoms with Gasteiger partial charge in [-0.2, -0.15) is 0 Å². The van der Waals surface area contributed by atoms with Crippen LogP contribution in [0.2, 0.25) is 0 Å². The van der Waals surface area contributed by atoms with Crippen molar-refractivity contribution >= 4 is 11.6 Å². The minimum absolute atomic E-state index is 0.118. The van der Waals surface area contributed by atoms with Gasteiger partial charge in [0.25, 0.3) is 0 Å². The van der Waals surface area contributed by atoms with Crippen molar-refractivity contribution in [1.29, 1.82) is 0 Å². The average molecular weight is 316 g/mol. The lowest BCUT2D eigenvalue weighted by molar-refractivity contribution is -0.119. The maximum atomic E-state index is 13.3. The van der Waals surface area contributed by atoms with Gasteiger partial charge in [0, 0.05) is 12.2 Å². The van der Waals surface area contributed by atoms with E-state index in [-0.39, 0.29) is 18.3 Å². The van der Waals surface area contributed by atoms with Gasteiger partial charge in [0.2, 0.25) is 5.91 Å². The zero-order valence-corrected chi connectivity index (χ0v) is 13.2. The van der Waals surface area contributed by atoms with Crippen LogP contribution < -0.4 is 15.0 Å². The van der Waals surface area contributed by atoms with Gasteiger partial charge in [0.15, 0.2) is 0 Å². The second-order valence-corrected chi connectivity index (χ2v) is 5.01. The number of hydrogen-bond donors (Lipinski definition) is 1. The molecule has 5 heteroatoms. The lowest BCUT2D eigenvalue weighted by atomic mass is 10.2. The highest BCUT2D eigenvalue weighted by atomic mass is 19.1. The molecule has 0 aliphatic carbocycles. The summed E-state index contributed by atoms with van der Waals surface area (Å²) >= 11 is 0. The van der Waals surface area contributed by atoms with Crippen LogP contribution in [0.5, 0.6) is 5.75 Å². The van der Waals surface area contributed by atoms with Crippen molar-refractivity contribution in [1.82, 2.24) is 5.32 Å². The first-order chi connectivity index (χ1) is 11.2. The number of benzene rings is 2. The molecule has 1 N–H and O–H groups in total. The largest absolute Gasteiger partial charge is 0.492 e. The molecule has 0 spiro atoms. The van der Waals surface area contributed by atoms with Crippen LogP contribution in [0.3, 0.4) is 0 Å². The summed E-state index contributed by atoms with van der Waals surface area (Å²) in [6.07, 6.45) is 0. The van der Waals surface area contributed by atoms with Crippen molar-refractivity contribution < 1.29 is 13.9 Å². The van der Waals surface area contributed by atoms with E-state index in [0.29, 0.717) is 25.4 Å². The lowest BCUT2D eigenvalue weighted by Gasteiger charge is -2.22. The van der Waals surface area contributed by atoms with Gasteiger partial charge in [-0.05, 0) is 37.3 Å². The van der Waals surface area contributed by atoms with Crippen molar-refractivity contribution in [2.24, 2.45) is 0 Å². The van der Waals surface area contributed by atoms with Crippen LogP contribution >= 0.6 is 0 Å². The first kappa shape index (κ1) is 16.8. The Balaban J connectivity index is 1.75. The van der Waals surface area contributed by atoms with E-state index in [2.05, 4.69) is 5.32 Å². The number of rotatable bonds is 8. The molecule has 0 unspecified atom stereocenters. The fourth-order valence-electron chi connectivity index (χ4n) is 2.16. The van der Waals surface area contributed by atoms with Gasteiger partial charge < -0.3 is 15.0 Å². The molecule has 23 heavy (non-hydrogen) atoms. The number of carbonyl (C=O) groups excluding carboxylic acids is 1. The maximum absolute atomic E-state index is 13.3. The van der Waals surface area contributed by atoms with E-state index < -0.39 is 0 Å². The number of hydrogen-bond acceptors (Lipinski definition) is 3. The fourth-order valence-corrected chi connectivity index (χ4v) is 2.16. The molecular weight excluding hydrogens is 295 g/mol. The molecule has 0 fully saturated rings. The molecule has 0 aliphatic heterocycles. The Hall–Kier alpha value is -2.56. The van der Waals surface area contributed by atoms with Crippen LogP contribution in [0.15, 0.2) is 54.6 Å². The van der Waals surface area contributed by atoms with Gasteiger partial charge in [-0.1, -0.05) is 24.3 Å². The molecule has 4 nitrogen and oxygen atoms in total. The molecule has 0 saturated heterocycles. The Morgan fingerprint density at radius 2 is 1.96 bits per heavy atom. The normalized spacial score (nSPS) is 10.2. The molecule has 0 aliphatic rings. The van der Waals surface area contributed by atoms with Crippen molar-refractivity contribution in [3.05, 3.63) is 60.4 Å². The van der Waals surface area contributed by atoms with Crippen molar-refractivity contribution in [3.8, 4) is 5.75 Å². The molecule has 0 bridgehead atoms. The summed E-state index contributed by atoms with van der Waals surface area (Å²) in [5.74, 6) is 0.349. The number of nitrogens with one attached hydrogen (secondary N) is 1. The summed E-state index contributed by atoms with van der Waals surface area (Å²) < 4.78 is 18.8. The molecule has 2 aromatic rings. The van der Waals surface area contributed by atoms with Crippen LogP contribution in [0, 0.1) is 5.82 Å². The van der Waals surface area contributed by atoms with E-state index in [0.717, 1.165) is 5.75 Å². The molecule has 0 atom stereocenters. The average Bonchev–Trinajstić information content (AvgIpc) is 2.57. The van der Waals surface area contributed by atoms with E-state index in [1.165, 1.54) is 12.1 Å². The lowest BCUT2D eigenvalue weighted by Crippen LogP contribution is -2.38. The first-order valence-electron chi connectivity index (χ1n) is 7.64. The number of anilines is 1. The van der Waals surface area contributed by atoms with E-state index in [4.69, 9.17) is 4.74 Å². The third kappa shape index (κ3) is 5.62. The Morgan fingerprint density at radius 1 is 1.17 bits per heavy atom. The molecule has 1 amide bonds. The molecule has 0 aromatic heterocycles. The Labute approximate surface area is 135 Å². The van der Waals surface area contributed by atoms with Crippen LogP contribution in [-0.4, -0.2) is 32.1 Å². The van der Waals surface area contributed by atoms with Crippen molar-refractivity contribution in [2.45, 2.75) is 6.92 Å². The van der Waals surface area contributed by atoms with Gasteiger partial charge in [-0.15, -0.1) is 0 Å². The summed E-state index contributed by atoms with van der Waals surface area (Å²) in [6, 6.07) is 15.7. The topological polar surface area (TPSA) is 41.6 Å². The van der Waals surface area contributed by atoms with E-state index in [1.54, 1.807) is 12.1 Å². The molecule has 2 rings (SSSR count). The molecular formula is C18H21FN2O2. The highest BCUT2D eigenvalue weighted by Gasteiger charge is 2.10. The zero-order chi connectivity index (χ0) is 16.5. The maximum Gasteiger partial charge on any atom is 0.239 e. The van der Waals surface area contributed by atoms with Gasteiger partial charge in [-0.25, -0.2) is 4.39 Å². The standard InChI is InChI=1S/C18H21FN2O2/c1-2-21(16-8-6-7-15(19)13-16)14-18(22)20-11-12-23-17-9-4-3-5-10-17/h3-10,13H,2,11-12,14H2,1H3,(H,20,22). The van der Waals surface area contributed by atoms with Gasteiger partial charge in [0.05, 0.1) is 13.1 Å². The van der Waals surface area contributed by atoms with E-state index >= 15 is 0 Å². The molecule has 122 valence electrons. The molecule has 0 heterocycles. The molecule has 0 saturated carbocycles. The summed E-state index contributed by atoms with van der Waals surface area (Å²) in [7, 11) is 0.